The predicted molar refractivity (Wildman–Crippen MR) is 64.1 cm³/mol. The second-order valence-electron chi connectivity index (χ2n) is 4.72. The lowest BCUT2D eigenvalue weighted by atomic mass is 10.1. The first-order valence-electron chi connectivity index (χ1n) is 5.81. The standard InChI is InChI=1S/C12H8N2O6/c15-10-7-4-8(7)11(16)13(10)9-3-5(14(19)20)1-2-6(9)12(17)18/h1-3,7-8H,4H2,(H,17,18). The number of nitrogens with zero attached hydrogens (tertiary/aromatic N) is 2. The van der Waals surface area contributed by atoms with Crippen LogP contribution in [0.25, 0.3) is 0 Å². The van der Waals surface area contributed by atoms with Crippen molar-refractivity contribution in [1.82, 2.24) is 0 Å². The topological polar surface area (TPSA) is 118 Å². The van der Waals surface area contributed by atoms with E-state index < -0.39 is 34.5 Å². The van der Waals surface area contributed by atoms with E-state index in [-0.39, 0.29) is 16.9 Å². The van der Waals surface area contributed by atoms with Gasteiger partial charge in [-0.2, -0.15) is 0 Å². The van der Waals surface area contributed by atoms with E-state index in [0.29, 0.717) is 6.42 Å². The highest BCUT2D eigenvalue weighted by atomic mass is 16.6. The van der Waals surface area contributed by atoms with Gasteiger partial charge in [0.1, 0.15) is 0 Å². The zero-order valence-corrected chi connectivity index (χ0v) is 9.98. The Labute approximate surface area is 111 Å². The molecule has 1 saturated heterocycles. The number of hydrogen-bond donors (Lipinski definition) is 1. The van der Waals surface area contributed by atoms with Gasteiger partial charge in [-0.05, 0) is 12.5 Å². The molecule has 1 saturated carbocycles. The number of benzene rings is 1. The summed E-state index contributed by atoms with van der Waals surface area (Å²) in [6.07, 6.45) is 0.478. The number of nitro benzene ring substituents is 1. The van der Waals surface area contributed by atoms with Gasteiger partial charge in [-0.15, -0.1) is 0 Å². The van der Waals surface area contributed by atoms with E-state index in [9.17, 15) is 24.5 Å². The van der Waals surface area contributed by atoms with Gasteiger partial charge in [0.2, 0.25) is 11.8 Å². The number of carbonyl (C=O) groups excluding carboxylic acids is 2. The Morgan fingerprint density at radius 1 is 1.30 bits per heavy atom. The number of rotatable bonds is 3. The number of piperidine rings is 1. The SMILES string of the molecule is O=C(O)c1ccc([N+](=O)[O-])cc1N1C(=O)C2CC2C1=O. The molecule has 3 rings (SSSR count). The zero-order chi connectivity index (χ0) is 14.6. The molecule has 0 bridgehead atoms. The maximum Gasteiger partial charge on any atom is 0.337 e. The van der Waals surface area contributed by atoms with Crippen molar-refractivity contribution in [3.05, 3.63) is 33.9 Å². The van der Waals surface area contributed by atoms with E-state index in [0.717, 1.165) is 23.1 Å². The Hall–Kier alpha value is -2.77. The van der Waals surface area contributed by atoms with Gasteiger partial charge < -0.3 is 5.11 Å². The molecule has 2 amide bonds. The molecule has 1 aromatic carbocycles. The van der Waals surface area contributed by atoms with Gasteiger partial charge in [0.25, 0.3) is 5.69 Å². The van der Waals surface area contributed by atoms with Crippen molar-refractivity contribution in [2.75, 3.05) is 4.90 Å². The first kappa shape index (κ1) is 12.3. The third kappa shape index (κ3) is 1.58. The summed E-state index contributed by atoms with van der Waals surface area (Å²) < 4.78 is 0. The summed E-state index contributed by atoms with van der Waals surface area (Å²) in [6.45, 7) is 0. The van der Waals surface area contributed by atoms with Crippen molar-refractivity contribution in [2.45, 2.75) is 6.42 Å². The molecule has 0 radical (unpaired) electrons. The minimum atomic E-state index is -1.35. The van der Waals surface area contributed by atoms with Crippen LogP contribution in [0.4, 0.5) is 11.4 Å². The minimum Gasteiger partial charge on any atom is -0.478 e. The Morgan fingerprint density at radius 2 is 1.90 bits per heavy atom. The Morgan fingerprint density at radius 3 is 2.40 bits per heavy atom. The third-order valence-corrected chi connectivity index (χ3v) is 3.53. The van der Waals surface area contributed by atoms with Crippen molar-refractivity contribution in [1.29, 1.82) is 0 Å². The van der Waals surface area contributed by atoms with Crippen LogP contribution in [0.3, 0.4) is 0 Å². The summed E-state index contributed by atoms with van der Waals surface area (Å²) in [5.74, 6) is -3.12. The molecule has 20 heavy (non-hydrogen) atoms. The lowest BCUT2D eigenvalue weighted by molar-refractivity contribution is -0.384. The normalized spacial score (nSPS) is 23.7. The predicted octanol–water partition coefficient (Wildman–Crippen LogP) is 0.802. The first-order chi connectivity index (χ1) is 9.41. The van der Waals surface area contributed by atoms with Crippen molar-refractivity contribution in [3.8, 4) is 0 Å². The Bertz CT molecular complexity index is 663. The van der Waals surface area contributed by atoms with Gasteiger partial charge >= 0.3 is 5.97 Å². The van der Waals surface area contributed by atoms with Gasteiger partial charge in [0, 0.05) is 12.1 Å². The smallest absolute Gasteiger partial charge is 0.337 e. The number of carboxylic acid groups (broad SMARTS) is 1. The van der Waals surface area contributed by atoms with Crippen LogP contribution in [0.5, 0.6) is 0 Å². The molecule has 2 atom stereocenters. The van der Waals surface area contributed by atoms with E-state index in [1.54, 1.807) is 0 Å². The summed E-state index contributed by atoms with van der Waals surface area (Å²) in [6, 6.07) is 3.00. The molecular weight excluding hydrogens is 268 g/mol. The number of carboxylic acids is 1. The Kier molecular flexibility index (Phi) is 2.37. The van der Waals surface area contributed by atoms with E-state index in [1.165, 1.54) is 0 Å². The molecule has 2 aliphatic rings. The number of carbonyl (C=O) groups is 3. The van der Waals surface area contributed by atoms with E-state index in [2.05, 4.69) is 0 Å². The number of non-ortho nitro benzene ring substituents is 1. The molecule has 1 aliphatic carbocycles. The maximum atomic E-state index is 12.0. The van der Waals surface area contributed by atoms with Gasteiger partial charge in [0.15, 0.2) is 0 Å². The molecule has 1 aliphatic heterocycles. The fourth-order valence-corrected chi connectivity index (χ4v) is 2.42. The number of imide groups is 1. The molecule has 102 valence electrons. The fourth-order valence-electron chi connectivity index (χ4n) is 2.42. The minimum absolute atomic E-state index is 0.228. The summed E-state index contributed by atoms with van der Waals surface area (Å²) in [4.78, 5) is 45.9. The largest absolute Gasteiger partial charge is 0.478 e. The number of nitro groups is 1. The molecule has 1 aromatic rings. The molecular formula is C12H8N2O6. The van der Waals surface area contributed by atoms with E-state index in [4.69, 9.17) is 5.11 Å². The average Bonchev–Trinajstić information content (AvgIpc) is 3.13. The van der Waals surface area contributed by atoms with Crippen LogP contribution < -0.4 is 4.90 Å². The molecule has 1 N–H and O–H groups in total. The van der Waals surface area contributed by atoms with Crippen LogP contribution in [0, 0.1) is 22.0 Å². The lowest BCUT2D eigenvalue weighted by Crippen LogP contribution is -2.34. The highest BCUT2D eigenvalue weighted by Gasteiger charge is 2.59. The molecule has 2 fully saturated rings. The number of amides is 2. The van der Waals surface area contributed by atoms with Crippen molar-refractivity contribution in [2.24, 2.45) is 11.8 Å². The number of anilines is 1. The van der Waals surface area contributed by atoms with Crippen LogP contribution in [0.1, 0.15) is 16.8 Å². The maximum absolute atomic E-state index is 12.0. The first-order valence-corrected chi connectivity index (χ1v) is 5.81. The Balaban J connectivity index is 2.13. The summed E-state index contributed by atoms with van der Waals surface area (Å²) in [5, 5.41) is 19.8. The van der Waals surface area contributed by atoms with Gasteiger partial charge in [-0.3, -0.25) is 19.7 Å². The highest BCUT2D eigenvalue weighted by molar-refractivity contribution is 6.26. The van der Waals surface area contributed by atoms with Crippen molar-refractivity contribution in [3.63, 3.8) is 0 Å². The number of aromatic carboxylic acids is 1. The molecule has 8 heteroatoms. The summed E-state index contributed by atoms with van der Waals surface area (Å²) >= 11 is 0. The second-order valence-corrected chi connectivity index (χ2v) is 4.72. The van der Waals surface area contributed by atoms with Crippen LogP contribution in [0.2, 0.25) is 0 Å². The van der Waals surface area contributed by atoms with Crippen LogP contribution in [-0.4, -0.2) is 27.8 Å². The molecule has 0 spiro atoms. The fraction of sp³-hybridized carbons (Fsp3) is 0.250. The summed E-state index contributed by atoms with van der Waals surface area (Å²) in [5.41, 5.74) is -0.904. The monoisotopic (exact) mass is 276 g/mol. The number of hydrogen-bond acceptors (Lipinski definition) is 5. The van der Waals surface area contributed by atoms with E-state index in [1.807, 2.05) is 0 Å². The van der Waals surface area contributed by atoms with Gasteiger partial charge in [-0.1, -0.05) is 0 Å². The van der Waals surface area contributed by atoms with Crippen molar-refractivity contribution >= 4 is 29.2 Å². The van der Waals surface area contributed by atoms with Gasteiger partial charge in [-0.25, -0.2) is 9.69 Å². The quantitative estimate of drug-likeness (QED) is 0.495. The third-order valence-electron chi connectivity index (χ3n) is 3.53. The number of fused-ring (bicyclic) bond motifs is 1. The molecule has 2 unspecified atom stereocenters. The molecule has 0 aromatic heterocycles. The lowest BCUT2D eigenvalue weighted by Gasteiger charge is -2.18. The molecule has 8 nitrogen and oxygen atoms in total. The van der Waals surface area contributed by atoms with Crippen LogP contribution in [-0.2, 0) is 9.59 Å². The summed E-state index contributed by atoms with van der Waals surface area (Å²) in [7, 11) is 0. The van der Waals surface area contributed by atoms with Crippen molar-refractivity contribution < 1.29 is 24.4 Å². The highest BCUT2D eigenvalue weighted by Crippen LogP contribution is 2.49. The average molecular weight is 276 g/mol. The molecule has 1 heterocycles. The zero-order valence-electron chi connectivity index (χ0n) is 9.98. The van der Waals surface area contributed by atoms with Crippen LogP contribution in [0.15, 0.2) is 18.2 Å². The van der Waals surface area contributed by atoms with Crippen LogP contribution >= 0.6 is 0 Å². The van der Waals surface area contributed by atoms with Gasteiger partial charge in [0.05, 0.1) is 28.0 Å². The van der Waals surface area contributed by atoms with E-state index >= 15 is 0 Å². The second kappa shape index (κ2) is 3.86.